The minimum atomic E-state index is -0.455. The van der Waals surface area contributed by atoms with Crippen LogP contribution >= 0.6 is 0 Å². The normalized spacial score (nSPS) is 11.4. The number of urea groups is 1. The summed E-state index contributed by atoms with van der Waals surface area (Å²) in [6.45, 7) is 1.88. The first-order chi connectivity index (χ1) is 12.4. The molecule has 0 unspecified atom stereocenters. The van der Waals surface area contributed by atoms with E-state index < -0.39 is 6.03 Å². The van der Waals surface area contributed by atoms with Gasteiger partial charge in [-0.15, -0.1) is 0 Å². The summed E-state index contributed by atoms with van der Waals surface area (Å²) in [6, 6.07) is 14.4. The van der Waals surface area contributed by atoms with Crippen LogP contribution in [0.2, 0.25) is 0 Å². The zero-order chi connectivity index (χ0) is 18.7. The van der Waals surface area contributed by atoms with Crippen molar-refractivity contribution in [2.75, 3.05) is 24.3 Å². The second kappa shape index (κ2) is 7.18. The molecule has 0 aliphatic rings. The zero-order valence-corrected chi connectivity index (χ0v) is 14.9. The molecule has 2 aromatic carbocycles. The Morgan fingerprint density at radius 1 is 1.12 bits per heavy atom. The first kappa shape index (κ1) is 17.3. The number of nitrogens with one attached hydrogen (secondary N) is 2. The van der Waals surface area contributed by atoms with Gasteiger partial charge in [-0.1, -0.05) is 0 Å². The monoisotopic (exact) mass is 351 g/mol. The Balaban J connectivity index is 1.64. The molecular weight excluding hydrogens is 330 g/mol. The summed E-state index contributed by atoms with van der Waals surface area (Å²) in [5, 5.41) is 6.16. The molecule has 0 atom stereocenters. The number of nitrogens with zero attached hydrogens (tertiary/aromatic N) is 2. The average Bonchev–Trinajstić information content (AvgIpc) is 2.94. The molecule has 26 heavy (non-hydrogen) atoms. The number of amides is 2. The molecule has 3 aromatic rings. The molecule has 0 aliphatic carbocycles. The van der Waals surface area contributed by atoms with Crippen LogP contribution in [0.4, 0.5) is 21.9 Å². The molecule has 0 fully saturated rings. The van der Waals surface area contributed by atoms with Crippen LogP contribution < -0.4 is 21.3 Å². The minimum absolute atomic E-state index is 0.00646. The van der Waals surface area contributed by atoms with E-state index in [1.54, 1.807) is 6.07 Å². The van der Waals surface area contributed by atoms with Crippen molar-refractivity contribution in [3.8, 4) is 0 Å². The van der Waals surface area contributed by atoms with Gasteiger partial charge < -0.3 is 20.4 Å². The van der Waals surface area contributed by atoms with Gasteiger partial charge in [0, 0.05) is 30.9 Å². The van der Waals surface area contributed by atoms with E-state index in [0.717, 1.165) is 22.4 Å². The molecule has 0 spiro atoms. The average molecular weight is 351 g/mol. The van der Waals surface area contributed by atoms with Crippen molar-refractivity contribution >= 4 is 40.0 Å². The topological polar surface area (TPSA) is 95.9 Å². The zero-order valence-electron chi connectivity index (χ0n) is 14.9. The third-order valence-electron chi connectivity index (χ3n) is 3.76. The number of furan rings is 1. The quantitative estimate of drug-likeness (QED) is 0.496. The largest absolute Gasteiger partial charge is 0.461 e. The summed E-state index contributed by atoms with van der Waals surface area (Å²) < 4.78 is 5.52. The molecule has 4 N–H and O–H groups in total. The first-order valence-electron chi connectivity index (χ1n) is 8.10. The van der Waals surface area contributed by atoms with Crippen molar-refractivity contribution in [2.45, 2.75) is 6.92 Å². The number of hydrogen-bond donors (Lipinski definition) is 3. The number of benzene rings is 2. The molecular formula is C19H21N5O2. The van der Waals surface area contributed by atoms with Crippen LogP contribution in [0, 0.1) is 6.92 Å². The number of fused-ring (bicyclic) bond motifs is 1. The van der Waals surface area contributed by atoms with E-state index in [4.69, 9.17) is 10.2 Å². The van der Waals surface area contributed by atoms with E-state index in [1.807, 2.05) is 68.4 Å². The van der Waals surface area contributed by atoms with E-state index >= 15 is 0 Å². The fourth-order valence-electron chi connectivity index (χ4n) is 2.52. The number of rotatable bonds is 3. The van der Waals surface area contributed by atoms with Gasteiger partial charge in [-0.2, -0.15) is 0 Å². The maximum atomic E-state index is 12.0. The molecule has 0 saturated heterocycles. The summed E-state index contributed by atoms with van der Waals surface area (Å²) in [4.78, 5) is 18.2. The summed E-state index contributed by atoms with van der Waals surface area (Å²) in [5.41, 5.74) is 8.94. The van der Waals surface area contributed by atoms with E-state index in [1.165, 1.54) is 0 Å². The molecule has 3 rings (SSSR count). The third-order valence-corrected chi connectivity index (χ3v) is 3.76. The summed E-state index contributed by atoms with van der Waals surface area (Å²) in [5.74, 6) is 0.832. The van der Waals surface area contributed by atoms with Crippen LogP contribution in [0.25, 0.3) is 11.0 Å². The van der Waals surface area contributed by atoms with Gasteiger partial charge in [0.15, 0.2) is 0 Å². The molecule has 0 aliphatic heterocycles. The molecule has 7 heteroatoms. The van der Waals surface area contributed by atoms with Crippen LogP contribution in [0.5, 0.6) is 0 Å². The van der Waals surface area contributed by atoms with Crippen LogP contribution in [0.3, 0.4) is 0 Å². The van der Waals surface area contributed by atoms with E-state index in [0.29, 0.717) is 11.4 Å². The molecule has 0 saturated carbocycles. The lowest BCUT2D eigenvalue weighted by Gasteiger charge is -2.13. The molecule has 0 bridgehead atoms. The highest BCUT2D eigenvalue weighted by Gasteiger charge is 2.05. The highest BCUT2D eigenvalue weighted by molar-refractivity contribution is 6.02. The van der Waals surface area contributed by atoms with Crippen molar-refractivity contribution in [3.05, 3.63) is 54.3 Å². The van der Waals surface area contributed by atoms with Gasteiger partial charge in [-0.3, -0.25) is 5.32 Å². The van der Waals surface area contributed by atoms with Crippen molar-refractivity contribution < 1.29 is 9.21 Å². The highest BCUT2D eigenvalue weighted by atomic mass is 16.3. The predicted molar refractivity (Wildman–Crippen MR) is 105 cm³/mol. The number of carbonyl (C=O) groups is 1. The SMILES string of the molecule is Cc1cc2cc(N=C(N)NC(=O)Nc3ccc(N(C)C)cc3)ccc2o1. The van der Waals surface area contributed by atoms with Crippen LogP contribution in [0.15, 0.2) is 57.9 Å². The lowest BCUT2D eigenvalue weighted by atomic mass is 10.2. The van der Waals surface area contributed by atoms with Gasteiger partial charge in [0.25, 0.3) is 0 Å². The standard InChI is InChI=1S/C19H21N5O2/c1-12-10-13-11-15(6-9-17(13)26-12)21-18(20)23-19(25)22-14-4-7-16(8-5-14)24(2)3/h4-11H,1-3H3,(H4,20,21,22,23,25). The van der Waals surface area contributed by atoms with Gasteiger partial charge in [-0.05, 0) is 55.5 Å². The van der Waals surface area contributed by atoms with Crippen LogP contribution in [0.1, 0.15) is 5.76 Å². The summed E-state index contributed by atoms with van der Waals surface area (Å²) in [6.07, 6.45) is 0. The number of guanidine groups is 1. The van der Waals surface area contributed by atoms with Gasteiger partial charge in [0.1, 0.15) is 11.3 Å². The lowest BCUT2D eigenvalue weighted by Crippen LogP contribution is -2.39. The van der Waals surface area contributed by atoms with Gasteiger partial charge in [0.05, 0.1) is 5.69 Å². The fraction of sp³-hybridized carbons (Fsp3) is 0.158. The van der Waals surface area contributed by atoms with Gasteiger partial charge in [0.2, 0.25) is 5.96 Å². The van der Waals surface area contributed by atoms with E-state index in [2.05, 4.69) is 15.6 Å². The molecule has 1 aromatic heterocycles. The predicted octanol–water partition coefficient (Wildman–Crippen LogP) is 3.58. The van der Waals surface area contributed by atoms with Gasteiger partial charge in [-0.25, -0.2) is 9.79 Å². The number of anilines is 2. The number of hydrogen-bond acceptors (Lipinski definition) is 4. The Morgan fingerprint density at radius 3 is 2.54 bits per heavy atom. The maximum Gasteiger partial charge on any atom is 0.325 e. The summed E-state index contributed by atoms with van der Waals surface area (Å²) >= 11 is 0. The van der Waals surface area contributed by atoms with Crippen molar-refractivity contribution in [2.24, 2.45) is 10.7 Å². The van der Waals surface area contributed by atoms with Crippen molar-refractivity contribution in [3.63, 3.8) is 0 Å². The maximum absolute atomic E-state index is 12.0. The first-order valence-corrected chi connectivity index (χ1v) is 8.10. The second-order valence-corrected chi connectivity index (χ2v) is 6.10. The smallest absolute Gasteiger partial charge is 0.325 e. The Bertz CT molecular complexity index is 958. The number of aryl methyl sites for hydroxylation is 1. The molecule has 1 heterocycles. The molecule has 7 nitrogen and oxygen atoms in total. The molecule has 2 amide bonds. The molecule has 0 radical (unpaired) electrons. The van der Waals surface area contributed by atoms with Crippen molar-refractivity contribution in [1.82, 2.24) is 5.32 Å². The van der Waals surface area contributed by atoms with Gasteiger partial charge >= 0.3 is 6.03 Å². The third kappa shape index (κ3) is 4.13. The van der Waals surface area contributed by atoms with Crippen molar-refractivity contribution in [1.29, 1.82) is 0 Å². The second-order valence-electron chi connectivity index (χ2n) is 6.10. The Morgan fingerprint density at radius 2 is 1.85 bits per heavy atom. The lowest BCUT2D eigenvalue weighted by molar-refractivity contribution is 0.256. The van der Waals surface area contributed by atoms with E-state index in [9.17, 15) is 4.79 Å². The van der Waals surface area contributed by atoms with Crippen LogP contribution in [-0.2, 0) is 0 Å². The number of aliphatic imine (C=N–C) groups is 1. The Kier molecular flexibility index (Phi) is 4.79. The Labute approximate surface area is 151 Å². The van der Waals surface area contributed by atoms with Crippen LogP contribution in [-0.4, -0.2) is 26.1 Å². The minimum Gasteiger partial charge on any atom is -0.461 e. The van der Waals surface area contributed by atoms with E-state index in [-0.39, 0.29) is 5.96 Å². The summed E-state index contributed by atoms with van der Waals surface area (Å²) in [7, 11) is 3.91. The highest BCUT2D eigenvalue weighted by Crippen LogP contribution is 2.24. The Hall–Kier alpha value is -3.48. The number of nitrogens with two attached hydrogens (primary N) is 1. The molecule has 134 valence electrons. The fourth-order valence-corrected chi connectivity index (χ4v) is 2.52. The number of carbonyl (C=O) groups excluding carboxylic acids is 1.